The largest absolute Gasteiger partial charge is 0.144 e. The molecule has 0 saturated carbocycles. The summed E-state index contributed by atoms with van der Waals surface area (Å²) in [6.45, 7) is 12.4. The Morgan fingerprint density at radius 1 is 1.00 bits per heavy atom. The topological polar surface area (TPSA) is 0 Å². The SMILES string of the molecule is CC.CC.CCc1cc(C)ccc1-c1cccs1. The molecule has 1 heterocycles. The van der Waals surface area contributed by atoms with Crippen molar-refractivity contribution in [3.8, 4) is 10.4 Å². The number of thiophene rings is 1. The second-order valence-electron chi connectivity index (χ2n) is 3.49. The third-order valence-electron chi connectivity index (χ3n) is 2.43. The first-order valence-corrected chi connectivity index (χ1v) is 7.82. The van der Waals surface area contributed by atoms with E-state index < -0.39 is 0 Å². The van der Waals surface area contributed by atoms with Gasteiger partial charge in [-0.05, 0) is 35.9 Å². The van der Waals surface area contributed by atoms with Crippen molar-refractivity contribution in [2.75, 3.05) is 0 Å². The lowest BCUT2D eigenvalue weighted by molar-refractivity contribution is 1.14. The highest BCUT2D eigenvalue weighted by Crippen LogP contribution is 2.28. The molecule has 0 N–H and O–H groups in total. The number of benzene rings is 1. The second kappa shape index (κ2) is 9.90. The van der Waals surface area contributed by atoms with Gasteiger partial charge in [0.1, 0.15) is 0 Å². The van der Waals surface area contributed by atoms with Gasteiger partial charge in [-0.15, -0.1) is 11.3 Å². The van der Waals surface area contributed by atoms with Gasteiger partial charge in [0.25, 0.3) is 0 Å². The van der Waals surface area contributed by atoms with Crippen LogP contribution in [0.2, 0.25) is 0 Å². The van der Waals surface area contributed by atoms with Crippen molar-refractivity contribution in [1.29, 1.82) is 0 Å². The van der Waals surface area contributed by atoms with Crippen LogP contribution in [-0.4, -0.2) is 0 Å². The molecule has 18 heavy (non-hydrogen) atoms. The van der Waals surface area contributed by atoms with Crippen molar-refractivity contribution in [3.05, 3.63) is 46.8 Å². The van der Waals surface area contributed by atoms with Crippen LogP contribution in [0.1, 0.15) is 45.7 Å². The van der Waals surface area contributed by atoms with Crippen molar-refractivity contribution in [1.82, 2.24) is 0 Å². The van der Waals surface area contributed by atoms with Crippen molar-refractivity contribution in [2.24, 2.45) is 0 Å². The summed E-state index contributed by atoms with van der Waals surface area (Å²) >= 11 is 1.81. The van der Waals surface area contributed by atoms with Crippen LogP contribution in [0.25, 0.3) is 10.4 Å². The number of aryl methyl sites for hydroxylation is 2. The summed E-state index contributed by atoms with van der Waals surface area (Å²) in [6.07, 6.45) is 1.11. The predicted molar refractivity (Wildman–Crippen MR) is 86.6 cm³/mol. The molecular weight excluding hydrogens is 236 g/mol. The maximum absolute atomic E-state index is 2.29. The van der Waals surface area contributed by atoms with Crippen LogP contribution in [0, 0.1) is 6.92 Å². The molecule has 0 bridgehead atoms. The normalized spacial score (nSPS) is 8.78. The van der Waals surface area contributed by atoms with Crippen molar-refractivity contribution >= 4 is 11.3 Å². The molecule has 0 unspecified atom stereocenters. The first-order chi connectivity index (χ1) is 8.81. The summed E-state index contributed by atoms with van der Waals surface area (Å²) in [5.74, 6) is 0. The fraction of sp³-hybridized carbons (Fsp3) is 0.412. The van der Waals surface area contributed by atoms with Gasteiger partial charge in [-0.2, -0.15) is 0 Å². The number of rotatable bonds is 2. The lowest BCUT2D eigenvalue weighted by Crippen LogP contribution is -1.86. The van der Waals surface area contributed by atoms with Crippen molar-refractivity contribution in [2.45, 2.75) is 48.0 Å². The van der Waals surface area contributed by atoms with Gasteiger partial charge in [0.15, 0.2) is 0 Å². The molecule has 2 rings (SSSR count). The average molecular weight is 262 g/mol. The van der Waals surface area contributed by atoms with Crippen LogP contribution < -0.4 is 0 Å². The van der Waals surface area contributed by atoms with Gasteiger partial charge in [-0.3, -0.25) is 0 Å². The minimum absolute atomic E-state index is 1.11. The molecule has 0 atom stereocenters. The lowest BCUT2D eigenvalue weighted by Gasteiger charge is -2.06. The summed E-state index contributed by atoms with van der Waals surface area (Å²) < 4.78 is 0. The van der Waals surface area contributed by atoms with Crippen molar-refractivity contribution < 1.29 is 0 Å². The standard InChI is InChI=1S/C13H14S.2C2H6/c1-3-11-9-10(2)6-7-12(11)13-5-4-8-14-13;2*1-2/h4-9H,3H2,1-2H3;2*1-2H3. The van der Waals surface area contributed by atoms with Gasteiger partial charge in [0.05, 0.1) is 0 Å². The Morgan fingerprint density at radius 2 is 1.67 bits per heavy atom. The first-order valence-electron chi connectivity index (χ1n) is 6.94. The van der Waals surface area contributed by atoms with E-state index in [9.17, 15) is 0 Å². The van der Waals surface area contributed by atoms with Gasteiger partial charge < -0.3 is 0 Å². The molecule has 0 saturated heterocycles. The van der Waals surface area contributed by atoms with E-state index >= 15 is 0 Å². The zero-order valence-corrected chi connectivity index (χ0v) is 13.4. The fourth-order valence-electron chi connectivity index (χ4n) is 1.69. The molecule has 0 fully saturated rings. The minimum atomic E-state index is 1.11. The van der Waals surface area contributed by atoms with E-state index in [0.717, 1.165) is 6.42 Å². The Bertz CT molecular complexity index is 413. The fourth-order valence-corrected chi connectivity index (χ4v) is 2.47. The molecule has 0 amide bonds. The van der Waals surface area contributed by atoms with Gasteiger partial charge in [0.2, 0.25) is 0 Å². The Hall–Kier alpha value is -1.08. The summed E-state index contributed by atoms with van der Waals surface area (Å²) in [5, 5.41) is 2.13. The van der Waals surface area contributed by atoms with Gasteiger partial charge in [0, 0.05) is 4.88 Å². The van der Waals surface area contributed by atoms with E-state index in [1.165, 1.54) is 21.6 Å². The molecular formula is C17H26S. The van der Waals surface area contributed by atoms with Crippen LogP contribution >= 0.6 is 11.3 Å². The lowest BCUT2D eigenvalue weighted by atomic mass is 10.0. The molecule has 0 aliphatic rings. The maximum atomic E-state index is 2.29. The first kappa shape index (κ1) is 16.9. The van der Waals surface area contributed by atoms with Crippen LogP contribution in [0.4, 0.5) is 0 Å². The van der Waals surface area contributed by atoms with Gasteiger partial charge >= 0.3 is 0 Å². The zero-order valence-electron chi connectivity index (χ0n) is 12.6. The highest BCUT2D eigenvalue weighted by atomic mass is 32.1. The van der Waals surface area contributed by atoms with E-state index in [-0.39, 0.29) is 0 Å². The Morgan fingerprint density at radius 3 is 2.17 bits per heavy atom. The van der Waals surface area contributed by atoms with Crippen LogP contribution in [0.5, 0.6) is 0 Å². The molecule has 0 aliphatic heterocycles. The summed E-state index contributed by atoms with van der Waals surface area (Å²) in [7, 11) is 0. The highest BCUT2D eigenvalue weighted by molar-refractivity contribution is 7.13. The second-order valence-corrected chi connectivity index (χ2v) is 4.44. The van der Waals surface area contributed by atoms with Crippen LogP contribution in [0.3, 0.4) is 0 Å². The molecule has 0 aliphatic carbocycles. The summed E-state index contributed by atoms with van der Waals surface area (Å²) in [4.78, 5) is 1.38. The molecule has 2 aromatic rings. The molecule has 0 nitrogen and oxygen atoms in total. The molecule has 1 heteroatoms. The summed E-state index contributed by atoms with van der Waals surface area (Å²) in [6, 6.07) is 11.0. The quantitative estimate of drug-likeness (QED) is 0.592. The van der Waals surface area contributed by atoms with E-state index in [4.69, 9.17) is 0 Å². The Balaban J connectivity index is 0.000000659. The zero-order chi connectivity index (χ0) is 14.0. The third kappa shape index (κ3) is 4.66. The van der Waals surface area contributed by atoms with E-state index in [2.05, 4.69) is 49.6 Å². The number of hydrogen-bond donors (Lipinski definition) is 0. The Kier molecular flexibility index (Phi) is 9.31. The smallest absolute Gasteiger partial charge is 0.0345 e. The third-order valence-corrected chi connectivity index (χ3v) is 3.33. The monoisotopic (exact) mass is 262 g/mol. The van der Waals surface area contributed by atoms with Gasteiger partial charge in [-0.1, -0.05) is 64.4 Å². The van der Waals surface area contributed by atoms with E-state index in [1.807, 2.05) is 39.0 Å². The van der Waals surface area contributed by atoms with E-state index in [1.54, 1.807) is 0 Å². The predicted octanol–water partition coefficient (Wildman–Crippen LogP) is 6.34. The molecule has 1 aromatic heterocycles. The van der Waals surface area contributed by atoms with Crippen LogP contribution in [-0.2, 0) is 6.42 Å². The van der Waals surface area contributed by atoms with Crippen molar-refractivity contribution in [3.63, 3.8) is 0 Å². The Labute approximate surface area is 117 Å². The van der Waals surface area contributed by atoms with E-state index in [0.29, 0.717) is 0 Å². The number of hydrogen-bond acceptors (Lipinski definition) is 1. The van der Waals surface area contributed by atoms with Gasteiger partial charge in [-0.25, -0.2) is 0 Å². The highest BCUT2D eigenvalue weighted by Gasteiger charge is 2.03. The van der Waals surface area contributed by atoms with Crippen LogP contribution in [0.15, 0.2) is 35.7 Å². The summed E-state index contributed by atoms with van der Waals surface area (Å²) in [5.41, 5.74) is 4.20. The molecule has 0 radical (unpaired) electrons. The maximum Gasteiger partial charge on any atom is 0.0345 e. The average Bonchev–Trinajstić information content (AvgIpc) is 2.97. The minimum Gasteiger partial charge on any atom is -0.144 e. The molecule has 1 aromatic carbocycles. The molecule has 100 valence electrons. The molecule has 0 spiro atoms.